The highest BCUT2D eigenvalue weighted by atomic mass is 16.5. The molecule has 1 heterocycles. The number of nitrogens with zero attached hydrogens (tertiary/aromatic N) is 1. The number of carbonyl (C=O) groups excluding carboxylic acids is 3. The molecule has 6 heteroatoms. The summed E-state index contributed by atoms with van der Waals surface area (Å²) in [6.07, 6.45) is 9.93. The van der Waals surface area contributed by atoms with Crippen molar-refractivity contribution in [3.05, 3.63) is 0 Å². The van der Waals surface area contributed by atoms with Crippen molar-refractivity contribution in [2.24, 2.45) is 23.2 Å². The third kappa shape index (κ3) is 3.85. The highest BCUT2D eigenvalue weighted by molar-refractivity contribution is 5.87. The fourth-order valence-corrected chi connectivity index (χ4v) is 6.47. The molecule has 0 unspecified atom stereocenters. The van der Waals surface area contributed by atoms with E-state index in [4.69, 9.17) is 4.74 Å². The summed E-state index contributed by atoms with van der Waals surface area (Å²) >= 11 is 0. The third-order valence-corrected chi connectivity index (χ3v) is 7.39. The summed E-state index contributed by atoms with van der Waals surface area (Å²) in [7, 11) is 0. The van der Waals surface area contributed by atoms with Crippen LogP contribution in [0.1, 0.15) is 64.7 Å². The Morgan fingerprint density at radius 2 is 1.67 bits per heavy atom. The maximum absolute atomic E-state index is 12.8. The smallest absolute Gasteiger partial charge is 0.325 e. The summed E-state index contributed by atoms with van der Waals surface area (Å²) in [5, 5.41) is 2.81. The molecule has 5 rings (SSSR count). The molecule has 1 N–H and O–H groups in total. The van der Waals surface area contributed by atoms with Crippen LogP contribution in [0.3, 0.4) is 0 Å². The van der Waals surface area contributed by atoms with Gasteiger partial charge in [0.05, 0.1) is 0 Å². The number of carbonyl (C=O) groups is 3. The fraction of sp³-hybridized carbons (Fsp3) is 0.857. The van der Waals surface area contributed by atoms with Gasteiger partial charge in [-0.1, -0.05) is 0 Å². The van der Waals surface area contributed by atoms with Crippen LogP contribution in [0.15, 0.2) is 0 Å². The van der Waals surface area contributed by atoms with Gasteiger partial charge >= 0.3 is 5.97 Å². The van der Waals surface area contributed by atoms with Gasteiger partial charge in [-0.05, 0) is 82.5 Å². The monoisotopic (exact) mass is 376 g/mol. The summed E-state index contributed by atoms with van der Waals surface area (Å²) in [4.78, 5) is 38.9. The average Bonchev–Trinajstić information content (AvgIpc) is 2.63. The van der Waals surface area contributed by atoms with Crippen LogP contribution in [0.5, 0.6) is 0 Å². The summed E-state index contributed by atoms with van der Waals surface area (Å²) < 4.78 is 5.13. The Balaban J connectivity index is 1.22. The zero-order valence-electron chi connectivity index (χ0n) is 16.4. The van der Waals surface area contributed by atoms with E-state index in [9.17, 15) is 14.4 Å². The molecule has 0 spiro atoms. The SMILES string of the molecule is C[C@H]1CCCCN1C(=O)COC(=O)CNC(=O)C12CC3CC(CC(C3)C1)C2. The van der Waals surface area contributed by atoms with Crippen LogP contribution in [-0.4, -0.2) is 48.4 Å². The van der Waals surface area contributed by atoms with Crippen LogP contribution in [0.25, 0.3) is 0 Å². The van der Waals surface area contributed by atoms with Gasteiger partial charge in [0.25, 0.3) is 5.91 Å². The van der Waals surface area contributed by atoms with Crippen molar-refractivity contribution in [1.82, 2.24) is 10.2 Å². The van der Waals surface area contributed by atoms with Gasteiger partial charge in [-0.15, -0.1) is 0 Å². The van der Waals surface area contributed by atoms with Crippen molar-refractivity contribution >= 4 is 17.8 Å². The molecule has 5 aliphatic rings. The molecule has 0 aromatic carbocycles. The zero-order chi connectivity index (χ0) is 19.0. The van der Waals surface area contributed by atoms with Crippen LogP contribution in [0, 0.1) is 23.2 Å². The number of hydrogen-bond donors (Lipinski definition) is 1. The molecule has 5 fully saturated rings. The van der Waals surface area contributed by atoms with Crippen molar-refractivity contribution in [3.63, 3.8) is 0 Å². The molecule has 0 aromatic heterocycles. The van der Waals surface area contributed by atoms with Crippen LogP contribution in [0.4, 0.5) is 0 Å². The third-order valence-electron chi connectivity index (χ3n) is 7.39. The van der Waals surface area contributed by atoms with Gasteiger partial charge in [-0.25, -0.2) is 0 Å². The van der Waals surface area contributed by atoms with Gasteiger partial charge < -0.3 is 15.0 Å². The minimum absolute atomic E-state index is 0.0227. The van der Waals surface area contributed by atoms with Crippen LogP contribution in [0.2, 0.25) is 0 Å². The molecule has 0 radical (unpaired) electrons. The maximum Gasteiger partial charge on any atom is 0.325 e. The van der Waals surface area contributed by atoms with E-state index < -0.39 is 5.97 Å². The van der Waals surface area contributed by atoms with Crippen LogP contribution < -0.4 is 5.32 Å². The van der Waals surface area contributed by atoms with E-state index in [0.717, 1.165) is 45.1 Å². The maximum atomic E-state index is 12.8. The Morgan fingerprint density at radius 3 is 2.26 bits per heavy atom. The lowest BCUT2D eigenvalue weighted by Gasteiger charge is -2.55. The zero-order valence-corrected chi connectivity index (χ0v) is 16.4. The molecular weight excluding hydrogens is 344 g/mol. The van der Waals surface area contributed by atoms with E-state index in [1.54, 1.807) is 4.90 Å². The predicted octanol–water partition coefficient (Wildman–Crippen LogP) is 2.26. The lowest BCUT2D eigenvalue weighted by molar-refractivity contribution is -0.155. The summed E-state index contributed by atoms with van der Waals surface area (Å²) in [6.45, 7) is 2.41. The predicted molar refractivity (Wildman–Crippen MR) is 99.6 cm³/mol. The molecular formula is C21H32N2O4. The number of esters is 1. The molecule has 1 aliphatic heterocycles. The van der Waals surface area contributed by atoms with Gasteiger partial charge in [-0.2, -0.15) is 0 Å². The number of rotatable bonds is 5. The number of hydrogen-bond acceptors (Lipinski definition) is 4. The minimum atomic E-state index is -0.522. The van der Waals surface area contributed by atoms with Crippen molar-refractivity contribution in [2.75, 3.05) is 19.7 Å². The highest BCUT2D eigenvalue weighted by Gasteiger charge is 2.54. The second-order valence-electron chi connectivity index (χ2n) is 9.47. The second kappa shape index (κ2) is 7.44. The molecule has 1 atom stereocenters. The van der Waals surface area contributed by atoms with E-state index in [1.165, 1.54) is 19.3 Å². The normalized spacial score (nSPS) is 37.1. The quantitative estimate of drug-likeness (QED) is 0.747. The molecule has 150 valence electrons. The first kappa shape index (κ1) is 18.8. The standard InChI is InChI=1S/C21H32N2O4/c1-14-4-2-3-5-23(14)18(24)13-27-19(25)12-22-20(26)21-9-15-6-16(10-21)8-17(7-15)11-21/h14-17H,2-13H2,1H3,(H,22,26)/t14-,15?,16?,17?,21?/m0/s1. The minimum Gasteiger partial charge on any atom is -0.454 e. The average molecular weight is 376 g/mol. The first-order chi connectivity index (χ1) is 12.9. The topological polar surface area (TPSA) is 75.7 Å². The van der Waals surface area contributed by atoms with E-state index >= 15 is 0 Å². The Morgan fingerprint density at radius 1 is 1.04 bits per heavy atom. The first-order valence-electron chi connectivity index (χ1n) is 10.7. The number of likely N-dealkylation sites (tertiary alicyclic amines) is 1. The Labute approximate surface area is 161 Å². The van der Waals surface area contributed by atoms with Crippen molar-refractivity contribution in [3.8, 4) is 0 Å². The summed E-state index contributed by atoms with van der Waals surface area (Å²) in [5.41, 5.74) is -0.256. The van der Waals surface area contributed by atoms with Crippen LogP contribution >= 0.6 is 0 Å². The number of amides is 2. The van der Waals surface area contributed by atoms with Gasteiger partial charge in [0, 0.05) is 18.0 Å². The molecule has 27 heavy (non-hydrogen) atoms. The molecule has 4 saturated carbocycles. The lowest BCUT2D eigenvalue weighted by Crippen LogP contribution is -2.54. The number of piperidine rings is 1. The van der Waals surface area contributed by atoms with E-state index in [1.807, 2.05) is 6.92 Å². The molecule has 6 nitrogen and oxygen atoms in total. The largest absolute Gasteiger partial charge is 0.454 e. The van der Waals surface area contributed by atoms with Crippen LogP contribution in [-0.2, 0) is 19.1 Å². The Kier molecular flexibility index (Phi) is 5.17. The molecule has 4 aliphatic carbocycles. The van der Waals surface area contributed by atoms with Gasteiger partial charge in [0.1, 0.15) is 6.54 Å². The summed E-state index contributed by atoms with van der Waals surface area (Å²) in [5.74, 6) is 1.44. The van der Waals surface area contributed by atoms with Gasteiger partial charge in [0.2, 0.25) is 5.91 Å². The fourth-order valence-electron chi connectivity index (χ4n) is 6.47. The van der Waals surface area contributed by atoms with E-state index in [2.05, 4.69) is 5.32 Å². The first-order valence-corrected chi connectivity index (χ1v) is 10.7. The van der Waals surface area contributed by atoms with Crippen molar-refractivity contribution in [2.45, 2.75) is 70.8 Å². The summed E-state index contributed by atoms with van der Waals surface area (Å²) in [6, 6.07) is 0.209. The van der Waals surface area contributed by atoms with E-state index in [-0.39, 0.29) is 36.4 Å². The molecule has 1 saturated heterocycles. The number of ether oxygens (including phenoxy) is 1. The van der Waals surface area contributed by atoms with Crippen molar-refractivity contribution in [1.29, 1.82) is 0 Å². The molecule has 0 aromatic rings. The Bertz CT molecular complexity index is 582. The Hall–Kier alpha value is -1.59. The molecule has 2 amide bonds. The molecule has 4 bridgehead atoms. The van der Waals surface area contributed by atoms with Crippen molar-refractivity contribution < 1.29 is 19.1 Å². The second-order valence-corrected chi connectivity index (χ2v) is 9.47. The highest BCUT2D eigenvalue weighted by Crippen LogP contribution is 2.60. The van der Waals surface area contributed by atoms with E-state index in [0.29, 0.717) is 17.8 Å². The van der Waals surface area contributed by atoms with Gasteiger partial charge in [0.15, 0.2) is 6.61 Å². The number of nitrogens with one attached hydrogen (secondary N) is 1. The lowest BCUT2D eigenvalue weighted by atomic mass is 9.49. The van der Waals surface area contributed by atoms with Gasteiger partial charge in [-0.3, -0.25) is 14.4 Å².